The first-order chi connectivity index (χ1) is 6.73. The first-order valence-electron chi connectivity index (χ1n) is 3.70. The Kier molecular flexibility index (Phi) is 3.15. The van der Waals surface area contributed by atoms with Gasteiger partial charge in [0.25, 0.3) is 21.0 Å². The largest absolute Gasteiger partial charge is 0.326 e. The maximum Gasteiger partial charge on any atom is 0.270 e. The molecule has 0 saturated carbocycles. The molecule has 0 bridgehead atoms. The van der Waals surface area contributed by atoms with Crippen molar-refractivity contribution in [3.05, 3.63) is 27.7 Å². The summed E-state index contributed by atoms with van der Waals surface area (Å²) in [6, 6.07) is 0.894. The second-order valence-corrected chi connectivity index (χ2v) is 5.33. The Morgan fingerprint density at radius 1 is 1.47 bits per heavy atom. The van der Waals surface area contributed by atoms with Crippen molar-refractivity contribution in [3.8, 4) is 0 Å². The van der Waals surface area contributed by atoms with E-state index in [0.29, 0.717) is 0 Å². The molecule has 0 radical (unpaired) electrons. The Bertz CT molecular complexity index is 538. The molecule has 0 saturated heterocycles. The average Bonchev–Trinajstić information content (AvgIpc) is 1.99. The van der Waals surface area contributed by atoms with Crippen molar-refractivity contribution in [1.29, 1.82) is 0 Å². The van der Waals surface area contributed by atoms with Crippen LogP contribution in [0.2, 0.25) is 0 Å². The molecule has 0 unspecified atom stereocenters. The lowest BCUT2D eigenvalue weighted by molar-refractivity contribution is 0.146. The maximum absolute atomic E-state index is 12.4. The smallest absolute Gasteiger partial charge is 0.270 e. The minimum Gasteiger partial charge on any atom is -0.326 e. The minimum atomic E-state index is -4.35. The van der Waals surface area contributed by atoms with Gasteiger partial charge in [0, 0.05) is 16.4 Å². The van der Waals surface area contributed by atoms with Crippen LogP contribution in [0.1, 0.15) is 17.7 Å². The molecule has 84 valence electrons. The van der Waals surface area contributed by atoms with E-state index in [9.17, 15) is 22.0 Å². The van der Waals surface area contributed by atoms with Crippen LogP contribution in [-0.4, -0.2) is 13.4 Å². The highest BCUT2D eigenvalue weighted by molar-refractivity contribution is 8.13. The number of rotatable bonds is 2. The molecule has 0 aliphatic rings. The van der Waals surface area contributed by atoms with Crippen molar-refractivity contribution in [2.75, 3.05) is 0 Å². The topological polar surface area (TPSA) is 67.0 Å². The first-order valence-corrected chi connectivity index (χ1v) is 6.01. The summed E-state index contributed by atoms with van der Waals surface area (Å²) in [4.78, 5) is 12.3. The quantitative estimate of drug-likeness (QED) is 0.818. The molecule has 1 aromatic heterocycles. The molecule has 4 nitrogen and oxygen atoms in total. The number of alkyl halides is 2. The minimum absolute atomic E-state index is 0.142. The zero-order valence-corrected chi connectivity index (χ0v) is 8.99. The lowest BCUT2D eigenvalue weighted by Gasteiger charge is -2.05. The molecular weight excluding hydrogens is 252 g/mol. The van der Waals surface area contributed by atoms with Crippen LogP contribution in [0.3, 0.4) is 0 Å². The van der Waals surface area contributed by atoms with E-state index in [-0.39, 0.29) is 5.69 Å². The van der Waals surface area contributed by atoms with Gasteiger partial charge in [0.2, 0.25) is 0 Å². The highest BCUT2D eigenvalue weighted by Gasteiger charge is 2.25. The fraction of sp³-hybridized carbons (Fsp3) is 0.286. The maximum atomic E-state index is 12.4. The van der Waals surface area contributed by atoms with Gasteiger partial charge < -0.3 is 4.98 Å². The summed E-state index contributed by atoms with van der Waals surface area (Å²) >= 11 is 0. The molecule has 1 heterocycles. The van der Waals surface area contributed by atoms with Crippen LogP contribution in [0, 0.1) is 6.92 Å². The van der Waals surface area contributed by atoms with E-state index >= 15 is 0 Å². The Morgan fingerprint density at radius 3 is 2.40 bits per heavy atom. The second kappa shape index (κ2) is 3.90. The Balaban J connectivity index is 3.70. The summed E-state index contributed by atoms with van der Waals surface area (Å²) in [7, 11) is 0.587. The molecule has 0 spiro atoms. The van der Waals surface area contributed by atoms with Crippen molar-refractivity contribution in [1.82, 2.24) is 4.98 Å². The fourth-order valence-corrected chi connectivity index (χ4v) is 2.22. The monoisotopic (exact) mass is 257 g/mol. The van der Waals surface area contributed by atoms with Crippen LogP contribution in [0.15, 0.2) is 15.8 Å². The van der Waals surface area contributed by atoms with Gasteiger partial charge in [-0.15, -0.1) is 0 Å². The molecule has 1 rings (SSSR count). The second-order valence-electron chi connectivity index (χ2n) is 2.80. The molecule has 0 aliphatic carbocycles. The molecule has 0 fully saturated rings. The van der Waals surface area contributed by atoms with Crippen molar-refractivity contribution in [3.63, 3.8) is 0 Å². The Morgan fingerprint density at radius 2 is 2.00 bits per heavy atom. The third kappa shape index (κ3) is 2.54. The van der Waals surface area contributed by atoms with E-state index in [2.05, 4.69) is 4.98 Å². The molecule has 15 heavy (non-hydrogen) atoms. The Labute approximate surface area is 88.3 Å². The molecule has 0 aromatic carbocycles. The number of H-pyrrole nitrogens is 1. The number of aryl methyl sites for hydroxylation is 1. The number of halogens is 3. The van der Waals surface area contributed by atoms with Crippen molar-refractivity contribution < 1.29 is 17.2 Å². The normalized spacial score (nSPS) is 12.1. The third-order valence-corrected chi connectivity index (χ3v) is 3.01. The van der Waals surface area contributed by atoms with E-state index in [1.54, 1.807) is 0 Å². The molecule has 8 heteroatoms. The van der Waals surface area contributed by atoms with Gasteiger partial charge in [-0.25, -0.2) is 17.2 Å². The van der Waals surface area contributed by atoms with E-state index in [0.717, 1.165) is 6.07 Å². The van der Waals surface area contributed by atoms with Crippen LogP contribution in [0.5, 0.6) is 0 Å². The number of aromatic nitrogens is 1. The van der Waals surface area contributed by atoms with Crippen molar-refractivity contribution in [2.24, 2.45) is 0 Å². The van der Waals surface area contributed by atoms with Gasteiger partial charge in [0.05, 0.1) is 4.90 Å². The molecule has 1 aromatic rings. The predicted molar refractivity (Wildman–Crippen MR) is 49.8 cm³/mol. The summed E-state index contributed by atoms with van der Waals surface area (Å²) in [5, 5.41) is 0. The summed E-state index contributed by atoms with van der Waals surface area (Å²) in [5.41, 5.74) is -2.14. The van der Waals surface area contributed by atoms with E-state index in [1.807, 2.05) is 0 Å². The zero-order valence-electron chi connectivity index (χ0n) is 7.42. The molecule has 0 aliphatic heterocycles. The number of aromatic amines is 1. The first kappa shape index (κ1) is 12.1. The number of nitrogens with one attached hydrogen (secondary N) is 1. The lowest BCUT2D eigenvalue weighted by Crippen LogP contribution is -2.18. The van der Waals surface area contributed by atoms with Gasteiger partial charge >= 0.3 is 0 Å². The average molecular weight is 258 g/mol. The molecular formula is C7H6ClF2NO3S. The molecule has 0 amide bonds. The van der Waals surface area contributed by atoms with Gasteiger partial charge in [0.15, 0.2) is 0 Å². The number of hydrogen-bond donors (Lipinski definition) is 1. The summed E-state index contributed by atoms with van der Waals surface area (Å²) in [6.45, 7) is 1.36. The van der Waals surface area contributed by atoms with Gasteiger partial charge in [-0.05, 0) is 13.0 Å². The van der Waals surface area contributed by atoms with E-state index in [1.165, 1.54) is 6.92 Å². The van der Waals surface area contributed by atoms with Gasteiger partial charge in [0.1, 0.15) is 5.56 Å². The lowest BCUT2D eigenvalue weighted by atomic mass is 10.2. The molecule has 1 N–H and O–H groups in total. The van der Waals surface area contributed by atoms with Gasteiger partial charge in [-0.2, -0.15) is 0 Å². The fourth-order valence-electron chi connectivity index (χ4n) is 1.08. The summed E-state index contributed by atoms with van der Waals surface area (Å²) in [5.74, 6) is 0. The highest BCUT2D eigenvalue weighted by Crippen LogP contribution is 2.25. The highest BCUT2D eigenvalue weighted by atomic mass is 35.7. The van der Waals surface area contributed by atoms with Crippen LogP contribution >= 0.6 is 10.7 Å². The predicted octanol–water partition coefficient (Wildman–Crippen LogP) is 1.55. The SMILES string of the molecule is Cc1cc(S(=O)(=O)Cl)c(C(F)F)c(=O)[nH]1. The van der Waals surface area contributed by atoms with Crippen LogP contribution in [0.25, 0.3) is 0 Å². The van der Waals surface area contributed by atoms with E-state index in [4.69, 9.17) is 10.7 Å². The van der Waals surface area contributed by atoms with Crippen LogP contribution < -0.4 is 5.56 Å². The number of hydrogen-bond acceptors (Lipinski definition) is 3. The Hall–Kier alpha value is -0.950. The van der Waals surface area contributed by atoms with Gasteiger partial charge in [-0.3, -0.25) is 4.79 Å². The summed E-state index contributed by atoms with van der Waals surface area (Å²) < 4.78 is 46.7. The van der Waals surface area contributed by atoms with E-state index < -0.39 is 31.5 Å². The zero-order chi connectivity index (χ0) is 11.8. The summed E-state index contributed by atoms with van der Waals surface area (Å²) in [6.07, 6.45) is -3.20. The molecule has 0 atom stereocenters. The van der Waals surface area contributed by atoms with Crippen LogP contribution in [-0.2, 0) is 9.05 Å². The van der Waals surface area contributed by atoms with Gasteiger partial charge in [-0.1, -0.05) is 0 Å². The van der Waals surface area contributed by atoms with Crippen LogP contribution in [0.4, 0.5) is 8.78 Å². The number of pyridine rings is 1. The standard InChI is InChI=1S/C7H6ClF2NO3S/c1-3-2-4(15(8,13)14)5(6(9)10)7(12)11-3/h2,6H,1H3,(H,11,12). The van der Waals surface area contributed by atoms with Crippen molar-refractivity contribution in [2.45, 2.75) is 18.2 Å². The van der Waals surface area contributed by atoms with Crippen molar-refractivity contribution >= 4 is 19.7 Å². The third-order valence-electron chi connectivity index (χ3n) is 1.65.